The van der Waals surface area contributed by atoms with Crippen molar-refractivity contribution in [1.82, 2.24) is 4.31 Å². The quantitative estimate of drug-likeness (QED) is 0.855. The molecule has 0 spiro atoms. The van der Waals surface area contributed by atoms with E-state index in [2.05, 4.69) is 15.9 Å². The van der Waals surface area contributed by atoms with Crippen molar-refractivity contribution < 1.29 is 8.42 Å². The standard InChI is InChI=1S/C9H14BrN3O2S/c1-12(2)16(14,15)13(3)9-5-4-7(10)6-8(9)11/h4-6H,11H2,1-3H3. The number of benzene rings is 1. The SMILES string of the molecule is CN(C)S(=O)(=O)N(C)c1ccc(Br)cc1N. The van der Waals surface area contributed by atoms with Crippen LogP contribution in [0.1, 0.15) is 0 Å². The second kappa shape index (κ2) is 4.60. The molecule has 16 heavy (non-hydrogen) atoms. The van der Waals surface area contributed by atoms with Crippen LogP contribution in [0.25, 0.3) is 0 Å². The van der Waals surface area contributed by atoms with Crippen molar-refractivity contribution in [3.05, 3.63) is 22.7 Å². The molecule has 0 bridgehead atoms. The molecule has 0 heterocycles. The second-order valence-electron chi connectivity index (χ2n) is 3.46. The average molecular weight is 308 g/mol. The Labute approximate surface area is 104 Å². The molecular formula is C9H14BrN3O2S. The molecular weight excluding hydrogens is 294 g/mol. The third-order valence-corrected chi connectivity index (χ3v) is 4.44. The summed E-state index contributed by atoms with van der Waals surface area (Å²) in [7, 11) is 0.919. The molecule has 90 valence electrons. The molecule has 0 radical (unpaired) electrons. The molecule has 0 aromatic heterocycles. The van der Waals surface area contributed by atoms with Gasteiger partial charge in [0.1, 0.15) is 0 Å². The van der Waals surface area contributed by atoms with Gasteiger partial charge in [0.15, 0.2) is 0 Å². The van der Waals surface area contributed by atoms with Crippen LogP contribution >= 0.6 is 15.9 Å². The topological polar surface area (TPSA) is 66.6 Å². The molecule has 0 unspecified atom stereocenters. The van der Waals surface area contributed by atoms with Gasteiger partial charge in [-0.1, -0.05) is 15.9 Å². The number of nitrogen functional groups attached to an aromatic ring is 1. The highest BCUT2D eigenvalue weighted by atomic mass is 79.9. The van der Waals surface area contributed by atoms with E-state index < -0.39 is 10.2 Å². The first-order valence-corrected chi connectivity index (χ1v) is 6.67. The molecule has 0 aliphatic heterocycles. The van der Waals surface area contributed by atoms with Gasteiger partial charge in [-0.2, -0.15) is 12.7 Å². The van der Waals surface area contributed by atoms with Crippen LogP contribution in [0.15, 0.2) is 22.7 Å². The van der Waals surface area contributed by atoms with Gasteiger partial charge < -0.3 is 5.73 Å². The molecule has 0 atom stereocenters. The van der Waals surface area contributed by atoms with Gasteiger partial charge in [-0.25, -0.2) is 0 Å². The fourth-order valence-electron chi connectivity index (χ4n) is 1.18. The highest BCUT2D eigenvalue weighted by Gasteiger charge is 2.22. The largest absolute Gasteiger partial charge is 0.397 e. The lowest BCUT2D eigenvalue weighted by Crippen LogP contribution is -2.37. The van der Waals surface area contributed by atoms with Crippen molar-refractivity contribution >= 4 is 37.5 Å². The fraction of sp³-hybridized carbons (Fsp3) is 0.333. The summed E-state index contributed by atoms with van der Waals surface area (Å²) in [5, 5.41) is 0. The number of nitrogens with two attached hydrogens (primary N) is 1. The summed E-state index contributed by atoms with van der Waals surface area (Å²) in [4.78, 5) is 0. The van der Waals surface area contributed by atoms with E-state index in [1.54, 1.807) is 18.2 Å². The molecule has 1 rings (SSSR count). The minimum atomic E-state index is -3.49. The van der Waals surface area contributed by atoms with E-state index in [4.69, 9.17) is 5.73 Å². The Morgan fingerprint density at radius 1 is 1.25 bits per heavy atom. The first-order chi connectivity index (χ1) is 7.26. The van der Waals surface area contributed by atoms with Crippen molar-refractivity contribution in [3.63, 3.8) is 0 Å². The molecule has 1 aromatic carbocycles. The van der Waals surface area contributed by atoms with Crippen LogP contribution in [0.2, 0.25) is 0 Å². The first-order valence-electron chi connectivity index (χ1n) is 4.48. The highest BCUT2D eigenvalue weighted by molar-refractivity contribution is 9.10. The zero-order valence-corrected chi connectivity index (χ0v) is 11.7. The van der Waals surface area contributed by atoms with E-state index in [1.165, 1.54) is 21.1 Å². The molecule has 2 N–H and O–H groups in total. The Kier molecular flexibility index (Phi) is 3.82. The van der Waals surface area contributed by atoms with Gasteiger partial charge in [0.25, 0.3) is 0 Å². The normalized spacial score (nSPS) is 11.8. The highest BCUT2D eigenvalue weighted by Crippen LogP contribution is 2.27. The third kappa shape index (κ3) is 2.47. The number of halogens is 1. The Morgan fingerprint density at radius 3 is 2.25 bits per heavy atom. The van der Waals surface area contributed by atoms with Crippen LogP contribution in [-0.4, -0.2) is 33.9 Å². The van der Waals surface area contributed by atoms with E-state index in [9.17, 15) is 8.42 Å². The summed E-state index contributed by atoms with van der Waals surface area (Å²) in [5.74, 6) is 0. The molecule has 1 aromatic rings. The summed E-state index contributed by atoms with van der Waals surface area (Å²) < 4.78 is 26.8. The van der Waals surface area contributed by atoms with Gasteiger partial charge >= 0.3 is 10.2 Å². The molecule has 0 saturated carbocycles. The fourth-order valence-corrected chi connectivity index (χ4v) is 2.46. The molecule has 7 heteroatoms. The average Bonchev–Trinajstić information content (AvgIpc) is 2.16. The van der Waals surface area contributed by atoms with Crippen LogP contribution in [-0.2, 0) is 10.2 Å². The minimum absolute atomic E-state index is 0.405. The lowest BCUT2D eigenvalue weighted by atomic mass is 10.3. The molecule has 0 saturated heterocycles. The second-order valence-corrected chi connectivity index (χ2v) is 6.55. The molecule has 0 amide bonds. The summed E-state index contributed by atoms with van der Waals surface area (Å²) in [6, 6.07) is 5.06. The number of nitrogens with zero attached hydrogens (tertiary/aromatic N) is 2. The zero-order chi connectivity index (χ0) is 12.5. The van der Waals surface area contributed by atoms with E-state index in [-0.39, 0.29) is 0 Å². The third-order valence-electron chi connectivity index (χ3n) is 2.14. The maximum absolute atomic E-state index is 11.9. The van der Waals surface area contributed by atoms with E-state index in [1.807, 2.05) is 0 Å². The summed E-state index contributed by atoms with van der Waals surface area (Å²) in [6.45, 7) is 0. The molecule has 5 nitrogen and oxygen atoms in total. The number of anilines is 2. The van der Waals surface area contributed by atoms with Crippen molar-refractivity contribution in [2.75, 3.05) is 31.2 Å². The molecule has 0 fully saturated rings. The maximum atomic E-state index is 11.9. The predicted molar refractivity (Wildman–Crippen MR) is 69.6 cm³/mol. The number of hydrogen-bond donors (Lipinski definition) is 1. The van der Waals surface area contributed by atoms with Crippen molar-refractivity contribution in [2.24, 2.45) is 0 Å². The van der Waals surface area contributed by atoms with Crippen molar-refractivity contribution in [3.8, 4) is 0 Å². The summed E-state index contributed by atoms with van der Waals surface area (Å²) in [6.07, 6.45) is 0. The molecule has 0 aliphatic rings. The van der Waals surface area contributed by atoms with Crippen LogP contribution in [0.4, 0.5) is 11.4 Å². The van der Waals surface area contributed by atoms with Crippen molar-refractivity contribution in [2.45, 2.75) is 0 Å². The number of rotatable bonds is 3. The predicted octanol–water partition coefficient (Wildman–Crippen LogP) is 1.27. The summed E-state index contributed by atoms with van der Waals surface area (Å²) in [5.41, 5.74) is 6.62. The van der Waals surface area contributed by atoms with Crippen LogP contribution in [0, 0.1) is 0 Å². The van der Waals surface area contributed by atoms with Gasteiger partial charge in [-0.3, -0.25) is 4.31 Å². The number of hydrogen-bond acceptors (Lipinski definition) is 3. The van der Waals surface area contributed by atoms with Gasteiger partial charge in [0, 0.05) is 25.6 Å². The van der Waals surface area contributed by atoms with Crippen LogP contribution < -0.4 is 10.0 Å². The van der Waals surface area contributed by atoms with Gasteiger partial charge in [-0.05, 0) is 18.2 Å². The Bertz CT molecular complexity index is 488. The lowest BCUT2D eigenvalue weighted by molar-refractivity contribution is 0.519. The van der Waals surface area contributed by atoms with E-state index >= 15 is 0 Å². The minimum Gasteiger partial charge on any atom is -0.397 e. The Morgan fingerprint density at radius 2 is 1.81 bits per heavy atom. The first kappa shape index (κ1) is 13.3. The summed E-state index contributed by atoms with van der Waals surface area (Å²) >= 11 is 3.27. The van der Waals surface area contributed by atoms with E-state index in [0.29, 0.717) is 11.4 Å². The van der Waals surface area contributed by atoms with E-state index in [0.717, 1.165) is 13.1 Å². The molecule has 0 aliphatic carbocycles. The Balaban J connectivity index is 3.20. The van der Waals surface area contributed by atoms with Crippen LogP contribution in [0.3, 0.4) is 0 Å². The van der Waals surface area contributed by atoms with Gasteiger partial charge in [0.2, 0.25) is 0 Å². The monoisotopic (exact) mass is 307 g/mol. The van der Waals surface area contributed by atoms with Gasteiger partial charge in [0.05, 0.1) is 11.4 Å². The smallest absolute Gasteiger partial charge is 0.303 e. The Hall–Kier alpha value is -0.790. The van der Waals surface area contributed by atoms with Crippen LogP contribution in [0.5, 0.6) is 0 Å². The lowest BCUT2D eigenvalue weighted by Gasteiger charge is -2.24. The zero-order valence-electron chi connectivity index (χ0n) is 9.31. The van der Waals surface area contributed by atoms with Crippen molar-refractivity contribution in [1.29, 1.82) is 0 Å². The van der Waals surface area contributed by atoms with Gasteiger partial charge in [-0.15, -0.1) is 0 Å². The maximum Gasteiger partial charge on any atom is 0.303 e.